The SMILES string of the molecule is COc1ccc(/C=C/[C@H]2[C@@H]3C(=O)N(Cc4ccccc4)C(=O)[C@@H]3ON2c2ccccc2)cc1. The van der Waals surface area contributed by atoms with Crippen LogP contribution in [-0.4, -0.2) is 36.0 Å². The summed E-state index contributed by atoms with van der Waals surface area (Å²) in [6.07, 6.45) is 3.05. The van der Waals surface area contributed by atoms with E-state index in [1.165, 1.54) is 4.90 Å². The molecule has 2 saturated heterocycles. The minimum atomic E-state index is -0.841. The first-order valence-corrected chi connectivity index (χ1v) is 10.9. The molecule has 2 heterocycles. The summed E-state index contributed by atoms with van der Waals surface area (Å²) in [5.41, 5.74) is 2.67. The summed E-state index contributed by atoms with van der Waals surface area (Å²) in [5.74, 6) is -0.349. The Hall–Kier alpha value is -3.90. The number of hydrogen-bond donors (Lipinski definition) is 0. The molecule has 2 aliphatic rings. The first-order chi connectivity index (χ1) is 16.2. The number of anilines is 1. The number of carbonyl (C=O) groups is 2. The van der Waals surface area contributed by atoms with Gasteiger partial charge in [0.25, 0.3) is 5.91 Å². The van der Waals surface area contributed by atoms with E-state index >= 15 is 0 Å². The van der Waals surface area contributed by atoms with Gasteiger partial charge in [-0.1, -0.05) is 72.8 Å². The molecule has 166 valence electrons. The van der Waals surface area contributed by atoms with Crippen molar-refractivity contribution in [3.05, 3.63) is 102 Å². The molecule has 0 N–H and O–H groups in total. The number of fused-ring (bicyclic) bond motifs is 1. The fourth-order valence-electron chi connectivity index (χ4n) is 4.35. The third-order valence-electron chi connectivity index (χ3n) is 6.05. The monoisotopic (exact) mass is 440 g/mol. The number of nitrogens with zero attached hydrogens (tertiary/aromatic N) is 2. The Morgan fingerprint density at radius 3 is 2.21 bits per heavy atom. The average molecular weight is 440 g/mol. The van der Waals surface area contributed by atoms with Crippen LogP contribution in [0.15, 0.2) is 91.0 Å². The molecule has 5 rings (SSSR count). The van der Waals surface area contributed by atoms with Crippen LogP contribution in [0.1, 0.15) is 11.1 Å². The molecule has 0 aliphatic carbocycles. The van der Waals surface area contributed by atoms with Crippen LogP contribution in [0.3, 0.4) is 0 Å². The van der Waals surface area contributed by atoms with E-state index in [0.717, 1.165) is 22.6 Å². The van der Waals surface area contributed by atoms with Crippen LogP contribution < -0.4 is 9.80 Å². The molecule has 0 spiro atoms. The van der Waals surface area contributed by atoms with Crippen molar-refractivity contribution in [2.45, 2.75) is 18.7 Å². The summed E-state index contributed by atoms with van der Waals surface area (Å²) in [4.78, 5) is 34.0. The lowest BCUT2D eigenvalue weighted by Gasteiger charge is -2.26. The maximum absolute atomic E-state index is 13.4. The Kier molecular flexibility index (Phi) is 5.67. The van der Waals surface area contributed by atoms with Gasteiger partial charge in [-0.3, -0.25) is 19.3 Å². The molecule has 3 aromatic carbocycles. The zero-order valence-electron chi connectivity index (χ0n) is 18.2. The Balaban J connectivity index is 1.45. The number of methoxy groups -OCH3 is 1. The zero-order valence-corrected chi connectivity index (χ0v) is 18.2. The molecule has 3 aromatic rings. The first-order valence-electron chi connectivity index (χ1n) is 10.9. The Labute approximate surface area is 192 Å². The van der Waals surface area contributed by atoms with Gasteiger partial charge in [-0.05, 0) is 35.4 Å². The van der Waals surface area contributed by atoms with E-state index in [0.29, 0.717) is 0 Å². The van der Waals surface area contributed by atoms with E-state index in [-0.39, 0.29) is 18.4 Å². The normalized spacial score (nSPS) is 22.3. The number of ether oxygens (including phenoxy) is 1. The molecule has 3 atom stereocenters. The van der Waals surface area contributed by atoms with E-state index in [4.69, 9.17) is 9.57 Å². The molecule has 0 aromatic heterocycles. The third kappa shape index (κ3) is 4.01. The standard InChI is InChI=1S/C27H24N2O4/c1-32-22-15-12-19(13-16-22)14-17-23-24-25(33-29(23)21-10-6-3-7-11-21)27(31)28(26(24)30)18-20-8-4-2-5-9-20/h2-17,23-25H,18H2,1H3/b17-14+/t23-,24-,25+/m0/s1. The fourth-order valence-corrected chi connectivity index (χ4v) is 4.35. The average Bonchev–Trinajstić information content (AvgIpc) is 3.35. The van der Waals surface area contributed by atoms with Crippen LogP contribution >= 0.6 is 0 Å². The number of likely N-dealkylation sites (tertiary alicyclic amines) is 1. The molecule has 0 radical (unpaired) electrons. The molecule has 2 fully saturated rings. The van der Waals surface area contributed by atoms with Crippen molar-refractivity contribution in [2.75, 3.05) is 12.2 Å². The Morgan fingerprint density at radius 2 is 1.55 bits per heavy atom. The van der Waals surface area contributed by atoms with Crippen LogP contribution in [0.2, 0.25) is 0 Å². The topological polar surface area (TPSA) is 59.1 Å². The van der Waals surface area contributed by atoms with Gasteiger partial charge in [0.2, 0.25) is 5.91 Å². The highest BCUT2D eigenvalue weighted by molar-refractivity contribution is 6.07. The summed E-state index contributed by atoms with van der Waals surface area (Å²) in [5, 5.41) is 1.69. The number of hydrogen-bond acceptors (Lipinski definition) is 5. The number of rotatable bonds is 6. The lowest BCUT2D eigenvalue weighted by atomic mass is 9.95. The van der Waals surface area contributed by atoms with E-state index < -0.39 is 18.1 Å². The predicted molar refractivity (Wildman–Crippen MR) is 125 cm³/mol. The lowest BCUT2D eigenvalue weighted by molar-refractivity contribution is -0.143. The van der Waals surface area contributed by atoms with Crippen molar-refractivity contribution in [1.82, 2.24) is 4.90 Å². The largest absolute Gasteiger partial charge is 0.497 e. The fraction of sp³-hybridized carbons (Fsp3) is 0.185. The van der Waals surface area contributed by atoms with E-state index in [2.05, 4.69) is 0 Å². The molecular formula is C27H24N2O4. The Morgan fingerprint density at radius 1 is 0.879 bits per heavy atom. The van der Waals surface area contributed by atoms with Crippen molar-refractivity contribution >= 4 is 23.6 Å². The summed E-state index contributed by atoms with van der Waals surface area (Å²) in [6, 6.07) is 26.3. The van der Waals surface area contributed by atoms with Gasteiger partial charge in [0.1, 0.15) is 11.7 Å². The number of benzene rings is 3. The number of hydroxylamine groups is 1. The molecule has 0 unspecified atom stereocenters. The molecule has 0 saturated carbocycles. The smallest absolute Gasteiger partial charge is 0.262 e. The quantitative estimate of drug-likeness (QED) is 0.541. The highest BCUT2D eigenvalue weighted by Gasteiger charge is 2.58. The Bertz CT molecular complexity index is 1160. The summed E-state index contributed by atoms with van der Waals surface area (Å²) < 4.78 is 5.23. The summed E-state index contributed by atoms with van der Waals surface area (Å²) in [6.45, 7) is 0.245. The molecule has 2 amide bonds. The summed E-state index contributed by atoms with van der Waals surface area (Å²) in [7, 11) is 1.63. The second-order valence-electron chi connectivity index (χ2n) is 8.08. The van der Waals surface area contributed by atoms with E-state index in [1.54, 1.807) is 12.2 Å². The first kappa shape index (κ1) is 21.0. The lowest BCUT2D eigenvalue weighted by Crippen LogP contribution is -2.39. The van der Waals surface area contributed by atoms with Gasteiger partial charge in [-0.25, -0.2) is 5.06 Å². The molecular weight excluding hydrogens is 416 g/mol. The van der Waals surface area contributed by atoms with Crippen LogP contribution in [0.25, 0.3) is 6.08 Å². The van der Waals surface area contributed by atoms with Gasteiger partial charge < -0.3 is 4.74 Å². The predicted octanol–water partition coefficient (Wildman–Crippen LogP) is 4.08. The number of imide groups is 1. The molecule has 33 heavy (non-hydrogen) atoms. The summed E-state index contributed by atoms with van der Waals surface area (Å²) >= 11 is 0. The van der Waals surface area contributed by atoms with Gasteiger partial charge in [0.05, 0.1) is 25.4 Å². The molecule has 6 heteroatoms. The maximum atomic E-state index is 13.4. The molecule has 6 nitrogen and oxygen atoms in total. The number of carbonyl (C=O) groups excluding carboxylic acids is 2. The minimum Gasteiger partial charge on any atom is -0.497 e. The highest BCUT2D eigenvalue weighted by Crippen LogP contribution is 2.40. The molecule has 2 aliphatic heterocycles. The van der Waals surface area contributed by atoms with Crippen molar-refractivity contribution in [3.63, 3.8) is 0 Å². The van der Waals surface area contributed by atoms with E-state index in [1.807, 2.05) is 97.1 Å². The van der Waals surface area contributed by atoms with Crippen LogP contribution in [-0.2, 0) is 21.0 Å². The number of amides is 2. The van der Waals surface area contributed by atoms with Gasteiger partial charge in [-0.2, -0.15) is 0 Å². The highest BCUT2D eigenvalue weighted by atomic mass is 16.7. The second kappa shape index (κ2) is 8.92. The van der Waals surface area contributed by atoms with Crippen LogP contribution in [0, 0.1) is 5.92 Å². The molecule has 0 bridgehead atoms. The third-order valence-corrected chi connectivity index (χ3v) is 6.05. The van der Waals surface area contributed by atoms with Gasteiger partial charge in [-0.15, -0.1) is 0 Å². The van der Waals surface area contributed by atoms with Crippen molar-refractivity contribution < 1.29 is 19.2 Å². The second-order valence-corrected chi connectivity index (χ2v) is 8.08. The van der Waals surface area contributed by atoms with Crippen LogP contribution in [0.5, 0.6) is 5.75 Å². The van der Waals surface area contributed by atoms with Gasteiger partial charge in [0.15, 0.2) is 6.10 Å². The maximum Gasteiger partial charge on any atom is 0.262 e. The zero-order chi connectivity index (χ0) is 22.8. The van der Waals surface area contributed by atoms with Crippen molar-refractivity contribution in [2.24, 2.45) is 5.92 Å². The van der Waals surface area contributed by atoms with Gasteiger partial charge in [0, 0.05) is 0 Å². The van der Waals surface area contributed by atoms with E-state index in [9.17, 15) is 9.59 Å². The minimum absolute atomic E-state index is 0.211. The van der Waals surface area contributed by atoms with Crippen molar-refractivity contribution in [1.29, 1.82) is 0 Å². The number of para-hydroxylation sites is 1. The van der Waals surface area contributed by atoms with Gasteiger partial charge >= 0.3 is 0 Å². The van der Waals surface area contributed by atoms with Crippen molar-refractivity contribution in [3.8, 4) is 5.75 Å². The van der Waals surface area contributed by atoms with Crippen LogP contribution in [0.4, 0.5) is 5.69 Å².